The van der Waals surface area contributed by atoms with Gasteiger partial charge in [0, 0.05) is 12.1 Å². The Labute approximate surface area is 128 Å². The van der Waals surface area contributed by atoms with Gasteiger partial charge in [-0.15, -0.1) is 0 Å². The van der Waals surface area contributed by atoms with Crippen LogP contribution in [-0.2, 0) is 14.9 Å². The van der Waals surface area contributed by atoms with Crippen molar-refractivity contribution in [2.75, 3.05) is 6.54 Å². The zero-order chi connectivity index (χ0) is 17.0. The minimum absolute atomic E-state index is 0.0533. The van der Waals surface area contributed by atoms with E-state index in [0.717, 1.165) is 6.07 Å². The SMILES string of the molecule is CC(C)(C)OC(=O)NS(=O)(=O)NCC(O)c1ccccc1F. The molecule has 0 fully saturated rings. The molecule has 1 atom stereocenters. The van der Waals surface area contributed by atoms with Crippen LogP contribution in [-0.4, -0.2) is 31.8 Å². The zero-order valence-corrected chi connectivity index (χ0v) is 13.3. The first kappa shape index (κ1) is 18.3. The molecule has 1 aromatic carbocycles. The molecule has 0 saturated carbocycles. The molecule has 0 aliphatic rings. The summed E-state index contributed by atoms with van der Waals surface area (Å²) in [6.45, 7) is 4.23. The van der Waals surface area contributed by atoms with Gasteiger partial charge in [0.25, 0.3) is 0 Å². The topological polar surface area (TPSA) is 105 Å². The molecule has 124 valence electrons. The lowest BCUT2D eigenvalue weighted by atomic mass is 10.1. The Morgan fingerprint density at radius 2 is 1.95 bits per heavy atom. The van der Waals surface area contributed by atoms with Crippen LogP contribution in [0.4, 0.5) is 9.18 Å². The molecule has 0 aliphatic carbocycles. The minimum Gasteiger partial charge on any atom is -0.443 e. The van der Waals surface area contributed by atoms with Gasteiger partial charge in [-0.2, -0.15) is 13.1 Å². The van der Waals surface area contributed by atoms with Crippen LogP contribution >= 0.6 is 0 Å². The quantitative estimate of drug-likeness (QED) is 0.751. The van der Waals surface area contributed by atoms with E-state index in [1.807, 2.05) is 4.72 Å². The van der Waals surface area contributed by atoms with Crippen LogP contribution < -0.4 is 9.44 Å². The molecular weight excluding hydrogens is 315 g/mol. The fourth-order valence-electron chi connectivity index (χ4n) is 1.49. The molecule has 22 heavy (non-hydrogen) atoms. The van der Waals surface area contributed by atoms with Crippen LogP contribution in [0.1, 0.15) is 32.4 Å². The summed E-state index contributed by atoms with van der Waals surface area (Å²) in [5.41, 5.74) is -0.908. The van der Waals surface area contributed by atoms with Gasteiger partial charge in [-0.25, -0.2) is 13.9 Å². The van der Waals surface area contributed by atoms with Crippen molar-refractivity contribution in [2.24, 2.45) is 0 Å². The summed E-state index contributed by atoms with van der Waals surface area (Å²) in [6.07, 6.45) is -2.54. The predicted octanol–water partition coefficient (Wildman–Crippen LogP) is 1.22. The van der Waals surface area contributed by atoms with Crippen LogP contribution in [0.5, 0.6) is 0 Å². The Hall–Kier alpha value is -1.71. The van der Waals surface area contributed by atoms with E-state index in [1.165, 1.54) is 18.2 Å². The molecule has 0 radical (unpaired) electrons. The van der Waals surface area contributed by atoms with Crippen LogP contribution in [0.2, 0.25) is 0 Å². The number of aliphatic hydroxyl groups excluding tert-OH is 1. The second kappa shape index (κ2) is 7.03. The summed E-state index contributed by atoms with van der Waals surface area (Å²) in [5.74, 6) is -0.658. The van der Waals surface area contributed by atoms with Gasteiger partial charge < -0.3 is 9.84 Å². The van der Waals surface area contributed by atoms with E-state index in [2.05, 4.69) is 0 Å². The Balaban J connectivity index is 2.59. The monoisotopic (exact) mass is 334 g/mol. The van der Waals surface area contributed by atoms with Gasteiger partial charge in [0.2, 0.25) is 0 Å². The average molecular weight is 334 g/mol. The Morgan fingerprint density at radius 1 is 1.36 bits per heavy atom. The van der Waals surface area contributed by atoms with E-state index in [-0.39, 0.29) is 5.56 Å². The van der Waals surface area contributed by atoms with Crippen molar-refractivity contribution in [3.05, 3.63) is 35.6 Å². The van der Waals surface area contributed by atoms with Crippen molar-refractivity contribution < 1.29 is 27.4 Å². The third kappa shape index (κ3) is 6.37. The van der Waals surface area contributed by atoms with E-state index in [0.29, 0.717) is 0 Å². The van der Waals surface area contributed by atoms with Gasteiger partial charge >= 0.3 is 16.3 Å². The molecule has 7 nitrogen and oxygen atoms in total. The van der Waals surface area contributed by atoms with E-state index in [4.69, 9.17) is 4.74 Å². The molecular formula is C13H19FN2O5S. The maximum absolute atomic E-state index is 13.4. The van der Waals surface area contributed by atoms with Crippen molar-refractivity contribution >= 4 is 16.3 Å². The summed E-state index contributed by atoms with van der Waals surface area (Å²) in [6, 6.07) is 5.43. The highest BCUT2D eigenvalue weighted by atomic mass is 32.2. The highest BCUT2D eigenvalue weighted by molar-refractivity contribution is 7.88. The molecule has 0 aliphatic heterocycles. The summed E-state index contributed by atoms with van der Waals surface area (Å²) < 4.78 is 45.0. The second-order valence-electron chi connectivity index (χ2n) is 5.49. The lowest BCUT2D eigenvalue weighted by Crippen LogP contribution is -2.44. The van der Waals surface area contributed by atoms with E-state index in [1.54, 1.807) is 25.5 Å². The van der Waals surface area contributed by atoms with Gasteiger partial charge in [-0.1, -0.05) is 18.2 Å². The second-order valence-corrected chi connectivity index (χ2v) is 6.99. The van der Waals surface area contributed by atoms with Gasteiger partial charge in [0.1, 0.15) is 11.4 Å². The number of aliphatic hydroxyl groups is 1. The molecule has 0 saturated heterocycles. The van der Waals surface area contributed by atoms with Crippen molar-refractivity contribution in [2.45, 2.75) is 32.5 Å². The Morgan fingerprint density at radius 3 is 2.50 bits per heavy atom. The Kier molecular flexibility index (Phi) is 5.86. The van der Waals surface area contributed by atoms with Gasteiger partial charge in [-0.05, 0) is 26.8 Å². The summed E-state index contributed by atoms with van der Waals surface area (Å²) in [5, 5.41) is 9.77. The Bertz CT molecular complexity index is 628. The fraction of sp³-hybridized carbons (Fsp3) is 0.462. The van der Waals surface area contributed by atoms with Crippen molar-refractivity contribution in [3.8, 4) is 0 Å². The van der Waals surface area contributed by atoms with E-state index < -0.39 is 40.4 Å². The number of rotatable bonds is 5. The maximum Gasteiger partial charge on any atom is 0.422 e. The normalized spacial score (nSPS) is 13.5. The molecule has 1 aromatic rings. The highest BCUT2D eigenvalue weighted by Gasteiger charge is 2.22. The molecule has 0 spiro atoms. The zero-order valence-electron chi connectivity index (χ0n) is 12.5. The first-order chi connectivity index (χ1) is 10.0. The van der Waals surface area contributed by atoms with Crippen molar-refractivity contribution in [1.29, 1.82) is 0 Å². The molecule has 0 heterocycles. The molecule has 0 bridgehead atoms. The van der Waals surface area contributed by atoms with Gasteiger partial charge in [0.05, 0.1) is 6.10 Å². The number of benzene rings is 1. The van der Waals surface area contributed by atoms with E-state index in [9.17, 15) is 22.7 Å². The molecule has 1 unspecified atom stereocenters. The lowest BCUT2D eigenvalue weighted by Gasteiger charge is -2.20. The van der Waals surface area contributed by atoms with E-state index >= 15 is 0 Å². The van der Waals surface area contributed by atoms with Gasteiger partial charge in [0.15, 0.2) is 0 Å². The molecule has 0 aromatic heterocycles. The predicted molar refractivity (Wildman–Crippen MR) is 77.7 cm³/mol. The number of nitrogens with one attached hydrogen (secondary N) is 2. The maximum atomic E-state index is 13.4. The van der Waals surface area contributed by atoms with Crippen LogP contribution in [0.25, 0.3) is 0 Å². The number of hydrogen-bond donors (Lipinski definition) is 3. The molecule has 3 N–H and O–H groups in total. The smallest absolute Gasteiger partial charge is 0.422 e. The lowest BCUT2D eigenvalue weighted by molar-refractivity contribution is 0.0569. The van der Waals surface area contributed by atoms with Crippen LogP contribution in [0.3, 0.4) is 0 Å². The number of amides is 1. The van der Waals surface area contributed by atoms with Crippen LogP contribution in [0.15, 0.2) is 24.3 Å². The largest absolute Gasteiger partial charge is 0.443 e. The molecule has 1 amide bonds. The van der Waals surface area contributed by atoms with Crippen molar-refractivity contribution in [3.63, 3.8) is 0 Å². The average Bonchev–Trinajstić information content (AvgIpc) is 2.33. The van der Waals surface area contributed by atoms with Gasteiger partial charge in [-0.3, -0.25) is 0 Å². The van der Waals surface area contributed by atoms with Crippen molar-refractivity contribution in [1.82, 2.24) is 9.44 Å². The number of carbonyl (C=O) groups is 1. The number of carbonyl (C=O) groups excluding carboxylic acids is 1. The number of hydrogen-bond acceptors (Lipinski definition) is 5. The molecule has 9 heteroatoms. The third-order valence-corrected chi connectivity index (χ3v) is 3.33. The molecule has 1 rings (SSSR count). The fourth-order valence-corrected chi connectivity index (χ4v) is 2.20. The number of ether oxygens (including phenoxy) is 1. The first-order valence-corrected chi connectivity index (χ1v) is 7.91. The van der Waals surface area contributed by atoms with Crippen LogP contribution in [0, 0.1) is 5.82 Å². The third-order valence-electron chi connectivity index (χ3n) is 2.35. The summed E-state index contributed by atoms with van der Waals surface area (Å²) >= 11 is 0. The highest BCUT2D eigenvalue weighted by Crippen LogP contribution is 2.15. The standard InChI is InChI=1S/C13H19FN2O5S/c1-13(2,3)21-12(18)16-22(19,20)15-8-11(17)9-6-4-5-7-10(9)14/h4-7,11,15,17H,8H2,1-3H3,(H,16,18). The first-order valence-electron chi connectivity index (χ1n) is 6.43. The summed E-state index contributed by atoms with van der Waals surface area (Å²) in [7, 11) is -4.23. The minimum atomic E-state index is -4.23. The summed E-state index contributed by atoms with van der Waals surface area (Å²) in [4.78, 5) is 11.4. The number of halogens is 1.